The largest absolute Gasteiger partial charge is 0.392 e. The lowest BCUT2D eigenvalue weighted by atomic mass is 10.3. The molecule has 98 valence electrons. The van der Waals surface area contributed by atoms with Crippen molar-refractivity contribution in [1.82, 2.24) is 4.90 Å². The predicted octanol–water partition coefficient (Wildman–Crippen LogP) is 1.48. The number of β-amino-alcohol motifs (C(OH)–C–C–N with tert-alkyl or cyclic N) is 1. The first kappa shape index (κ1) is 13.3. The minimum Gasteiger partial charge on any atom is -0.392 e. The number of anilines is 1. The zero-order chi connectivity index (χ0) is 13.1. The molecule has 2 N–H and O–H groups in total. The third-order valence-corrected chi connectivity index (χ3v) is 3.06. The number of benzene rings is 1. The maximum Gasteiger partial charge on any atom is 0.238 e. The highest BCUT2D eigenvalue weighted by atomic mass is 35.5. The monoisotopic (exact) mass is 272 g/mol. The molecule has 1 saturated heterocycles. The van der Waals surface area contributed by atoms with Crippen molar-refractivity contribution < 1.29 is 14.3 Å². The molecule has 6 heteroatoms. The Hall–Kier alpha value is -1.17. The maximum atomic E-state index is 13.4. The Labute approximate surface area is 109 Å². The smallest absolute Gasteiger partial charge is 0.238 e. The molecule has 2 rings (SSSR count). The van der Waals surface area contributed by atoms with E-state index in [0.717, 1.165) is 6.07 Å². The first-order chi connectivity index (χ1) is 8.54. The number of amides is 1. The van der Waals surface area contributed by atoms with Crippen LogP contribution in [0.25, 0.3) is 0 Å². The Morgan fingerprint density at radius 2 is 2.39 bits per heavy atom. The minimum atomic E-state index is -0.558. The van der Waals surface area contributed by atoms with Crippen LogP contribution >= 0.6 is 11.6 Å². The highest BCUT2D eigenvalue weighted by molar-refractivity contribution is 6.30. The van der Waals surface area contributed by atoms with Gasteiger partial charge in [0.1, 0.15) is 5.82 Å². The number of nitrogens with zero attached hydrogens (tertiary/aromatic N) is 1. The average molecular weight is 273 g/mol. The molecule has 0 unspecified atom stereocenters. The Morgan fingerprint density at radius 3 is 3.00 bits per heavy atom. The van der Waals surface area contributed by atoms with Crippen LogP contribution in [-0.4, -0.2) is 41.7 Å². The van der Waals surface area contributed by atoms with Crippen LogP contribution in [0, 0.1) is 5.82 Å². The van der Waals surface area contributed by atoms with Crippen molar-refractivity contribution in [2.45, 2.75) is 12.5 Å². The molecular weight excluding hydrogens is 259 g/mol. The van der Waals surface area contributed by atoms with Crippen molar-refractivity contribution >= 4 is 23.2 Å². The van der Waals surface area contributed by atoms with Gasteiger partial charge >= 0.3 is 0 Å². The second-order valence-corrected chi connectivity index (χ2v) is 4.79. The number of hydrogen-bond donors (Lipinski definition) is 2. The van der Waals surface area contributed by atoms with Crippen molar-refractivity contribution in [3.8, 4) is 0 Å². The number of carbonyl (C=O) groups excluding carboxylic acids is 1. The molecule has 18 heavy (non-hydrogen) atoms. The van der Waals surface area contributed by atoms with Crippen molar-refractivity contribution in [2.75, 3.05) is 25.0 Å². The van der Waals surface area contributed by atoms with Crippen molar-refractivity contribution in [3.63, 3.8) is 0 Å². The van der Waals surface area contributed by atoms with Crippen molar-refractivity contribution in [2.24, 2.45) is 0 Å². The second-order valence-electron chi connectivity index (χ2n) is 4.35. The summed E-state index contributed by atoms with van der Waals surface area (Å²) in [4.78, 5) is 13.5. The summed E-state index contributed by atoms with van der Waals surface area (Å²) in [5.41, 5.74) is 0.115. The number of halogens is 2. The van der Waals surface area contributed by atoms with Crippen LogP contribution in [0.1, 0.15) is 6.42 Å². The molecule has 1 aromatic carbocycles. The molecule has 1 amide bonds. The van der Waals surface area contributed by atoms with Crippen LogP contribution in [0.3, 0.4) is 0 Å². The Balaban J connectivity index is 1.91. The summed E-state index contributed by atoms with van der Waals surface area (Å²) in [7, 11) is 0. The highest BCUT2D eigenvalue weighted by Crippen LogP contribution is 2.19. The maximum absolute atomic E-state index is 13.4. The molecule has 0 radical (unpaired) electrons. The Kier molecular flexibility index (Phi) is 4.16. The number of likely N-dealkylation sites (tertiary alicyclic amines) is 1. The first-order valence-corrected chi connectivity index (χ1v) is 6.08. The van der Waals surface area contributed by atoms with Crippen LogP contribution in [0.15, 0.2) is 18.2 Å². The standard InChI is InChI=1S/C12H14ClFN2O2/c13-8-1-2-11(10(14)5-8)15-12(18)7-16-4-3-9(17)6-16/h1-2,5,9,17H,3-4,6-7H2,(H,15,18)/t9-/m0/s1. The van der Waals surface area contributed by atoms with E-state index >= 15 is 0 Å². The van der Waals surface area contributed by atoms with Gasteiger partial charge in [-0.15, -0.1) is 0 Å². The fourth-order valence-corrected chi connectivity index (χ4v) is 2.10. The number of carbonyl (C=O) groups is 1. The van der Waals surface area contributed by atoms with E-state index in [2.05, 4.69) is 5.32 Å². The molecule has 1 aromatic rings. The van der Waals surface area contributed by atoms with Crippen LogP contribution in [0.5, 0.6) is 0 Å². The molecule has 0 bridgehead atoms. The summed E-state index contributed by atoms with van der Waals surface area (Å²) in [6, 6.07) is 4.09. The first-order valence-electron chi connectivity index (χ1n) is 5.70. The molecule has 4 nitrogen and oxygen atoms in total. The lowest BCUT2D eigenvalue weighted by Gasteiger charge is -2.14. The average Bonchev–Trinajstić information content (AvgIpc) is 2.68. The van der Waals surface area contributed by atoms with E-state index in [4.69, 9.17) is 11.6 Å². The van der Waals surface area contributed by atoms with Gasteiger partial charge < -0.3 is 10.4 Å². The van der Waals surface area contributed by atoms with Gasteiger partial charge in [0.15, 0.2) is 0 Å². The van der Waals surface area contributed by atoms with Gasteiger partial charge in [0.25, 0.3) is 0 Å². The van der Waals surface area contributed by atoms with E-state index in [1.807, 2.05) is 4.90 Å². The summed E-state index contributed by atoms with van der Waals surface area (Å²) >= 11 is 5.62. The van der Waals surface area contributed by atoms with E-state index in [1.54, 1.807) is 0 Å². The fraction of sp³-hybridized carbons (Fsp3) is 0.417. The van der Waals surface area contributed by atoms with Gasteiger partial charge in [-0.25, -0.2) is 4.39 Å². The van der Waals surface area contributed by atoms with E-state index in [-0.39, 0.29) is 29.3 Å². The van der Waals surface area contributed by atoms with Crippen LogP contribution in [-0.2, 0) is 4.79 Å². The lowest BCUT2D eigenvalue weighted by Crippen LogP contribution is -2.32. The van der Waals surface area contributed by atoms with Crippen LogP contribution in [0.4, 0.5) is 10.1 Å². The SMILES string of the molecule is O=C(CN1CC[C@H](O)C1)Nc1ccc(Cl)cc1F. The van der Waals surface area contributed by atoms with Crippen molar-refractivity contribution in [1.29, 1.82) is 0 Å². The van der Waals surface area contributed by atoms with Gasteiger partial charge in [0.2, 0.25) is 5.91 Å². The van der Waals surface area contributed by atoms with Crippen LogP contribution in [0.2, 0.25) is 5.02 Å². The van der Waals surface area contributed by atoms with Gasteiger partial charge in [-0.3, -0.25) is 9.69 Å². The van der Waals surface area contributed by atoms with Gasteiger partial charge in [-0.05, 0) is 24.6 Å². The highest BCUT2D eigenvalue weighted by Gasteiger charge is 2.22. The van der Waals surface area contributed by atoms with E-state index < -0.39 is 5.82 Å². The predicted molar refractivity (Wildman–Crippen MR) is 67.1 cm³/mol. The Bertz CT molecular complexity index is 456. The quantitative estimate of drug-likeness (QED) is 0.876. The van der Waals surface area contributed by atoms with Crippen LogP contribution < -0.4 is 5.32 Å². The molecule has 1 fully saturated rings. The summed E-state index contributed by atoms with van der Waals surface area (Å²) in [5.74, 6) is -0.859. The number of rotatable bonds is 3. The molecule has 0 saturated carbocycles. The zero-order valence-corrected chi connectivity index (χ0v) is 10.5. The minimum absolute atomic E-state index is 0.115. The lowest BCUT2D eigenvalue weighted by molar-refractivity contribution is -0.117. The molecule has 1 aliphatic heterocycles. The summed E-state index contributed by atoms with van der Waals surface area (Å²) in [6.45, 7) is 1.31. The van der Waals surface area contributed by atoms with E-state index in [1.165, 1.54) is 12.1 Å². The molecular formula is C12H14ClFN2O2. The topological polar surface area (TPSA) is 52.6 Å². The molecule has 1 heterocycles. The third-order valence-electron chi connectivity index (χ3n) is 2.82. The van der Waals surface area contributed by atoms with E-state index in [9.17, 15) is 14.3 Å². The molecule has 0 aliphatic carbocycles. The van der Waals surface area contributed by atoms with Gasteiger partial charge in [-0.1, -0.05) is 11.6 Å². The number of aliphatic hydroxyl groups excluding tert-OH is 1. The molecule has 1 aliphatic rings. The second kappa shape index (κ2) is 5.65. The van der Waals surface area contributed by atoms with Gasteiger partial charge in [-0.2, -0.15) is 0 Å². The number of nitrogens with one attached hydrogen (secondary N) is 1. The van der Waals surface area contributed by atoms with Crippen molar-refractivity contribution in [3.05, 3.63) is 29.0 Å². The molecule has 0 spiro atoms. The summed E-state index contributed by atoms with van der Waals surface area (Å²) in [6.07, 6.45) is 0.299. The molecule has 0 aromatic heterocycles. The number of aliphatic hydroxyl groups is 1. The Morgan fingerprint density at radius 1 is 1.61 bits per heavy atom. The zero-order valence-electron chi connectivity index (χ0n) is 9.70. The van der Waals surface area contributed by atoms with E-state index in [0.29, 0.717) is 19.5 Å². The number of hydrogen-bond acceptors (Lipinski definition) is 3. The summed E-state index contributed by atoms with van der Waals surface area (Å²) in [5, 5.41) is 12.1. The molecule has 1 atom stereocenters. The third kappa shape index (κ3) is 3.41. The normalized spacial score (nSPS) is 20.1. The fourth-order valence-electron chi connectivity index (χ4n) is 1.94. The summed E-state index contributed by atoms with van der Waals surface area (Å²) < 4.78 is 13.4. The van der Waals surface area contributed by atoms with Gasteiger partial charge in [0.05, 0.1) is 18.3 Å². The van der Waals surface area contributed by atoms with Gasteiger partial charge in [0, 0.05) is 18.1 Å².